The van der Waals surface area contributed by atoms with Gasteiger partial charge in [0.2, 0.25) is 5.91 Å². The first-order valence-electron chi connectivity index (χ1n) is 7.45. The number of methoxy groups -OCH3 is 1. The fourth-order valence-corrected chi connectivity index (χ4v) is 2.06. The maximum absolute atomic E-state index is 12.0. The van der Waals surface area contributed by atoms with Crippen molar-refractivity contribution in [1.82, 2.24) is 0 Å². The van der Waals surface area contributed by atoms with Crippen molar-refractivity contribution in [2.45, 2.75) is 6.92 Å². The van der Waals surface area contributed by atoms with Gasteiger partial charge in [-0.3, -0.25) is 9.59 Å². The third-order valence-electron chi connectivity index (χ3n) is 3.16. The number of rotatable bonds is 7. The van der Waals surface area contributed by atoms with Gasteiger partial charge in [-0.05, 0) is 36.8 Å². The fraction of sp³-hybridized carbons (Fsp3) is 0.222. The van der Waals surface area contributed by atoms with Crippen LogP contribution < -0.4 is 15.4 Å². The van der Waals surface area contributed by atoms with Crippen molar-refractivity contribution in [2.75, 3.05) is 31.0 Å². The predicted molar refractivity (Wildman–Crippen MR) is 92.3 cm³/mol. The molecule has 0 aromatic heterocycles. The zero-order valence-electron chi connectivity index (χ0n) is 13.7. The summed E-state index contributed by atoms with van der Waals surface area (Å²) in [5.74, 6) is 0.135. The molecule has 6 heteroatoms. The monoisotopic (exact) mass is 328 g/mol. The van der Waals surface area contributed by atoms with Gasteiger partial charge in [0.15, 0.2) is 6.61 Å². The Bertz CT molecular complexity index is 716. The highest BCUT2D eigenvalue weighted by atomic mass is 16.5. The third-order valence-corrected chi connectivity index (χ3v) is 3.16. The number of benzene rings is 2. The van der Waals surface area contributed by atoms with Gasteiger partial charge in [0, 0.05) is 18.5 Å². The molecule has 0 heterocycles. The number of carbonyl (C=O) groups excluding carboxylic acids is 2. The Morgan fingerprint density at radius 2 is 1.54 bits per heavy atom. The first-order chi connectivity index (χ1) is 11.6. The summed E-state index contributed by atoms with van der Waals surface area (Å²) in [6.07, 6.45) is 0. The molecule has 0 aliphatic rings. The number of amides is 2. The lowest BCUT2D eigenvalue weighted by Gasteiger charge is -2.10. The van der Waals surface area contributed by atoms with E-state index in [0.717, 1.165) is 5.56 Å². The van der Waals surface area contributed by atoms with Crippen LogP contribution in [-0.2, 0) is 14.3 Å². The van der Waals surface area contributed by atoms with Crippen molar-refractivity contribution >= 4 is 23.2 Å². The molecule has 0 unspecified atom stereocenters. The maximum atomic E-state index is 12.0. The van der Waals surface area contributed by atoms with E-state index in [4.69, 9.17) is 9.47 Å². The summed E-state index contributed by atoms with van der Waals surface area (Å²) in [6, 6.07) is 14.4. The van der Waals surface area contributed by atoms with Crippen LogP contribution in [0.5, 0.6) is 5.75 Å². The van der Waals surface area contributed by atoms with Gasteiger partial charge in [0.05, 0.1) is 0 Å². The molecule has 0 aliphatic carbocycles. The molecule has 2 aromatic rings. The van der Waals surface area contributed by atoms with Gasteiger partial charge < -0.3 is 20.1 Å². The summed E-state index contributed by atoms with van der Waals surface area (Å²) < 4.78 is 10.3. The van der Waals surface area contributed by atoms with E-state index in [-0.39, 0.29) is 25.0 Å². The molecule has 2 amide bonds. The van der Waals surface area contributed by atoms with E-state index >= 15 is 0 Å². The van der Waals surface area contributed by atoms with Gasteiger partial charge in [-0.15, -0.1) is 0 Å². The third kappa shape index (κ3) is 5.40. The van der Waals surface area contributed by atoms with Gasteiger partial charge in [0.1, 0.15) is 12.4 Å². The molecule has 0 atom stereocenters. The summed E-state index contributed by atoms with van der Waals surface area (Å²) in [5.41, 5.74) is 2.12. The predicted octanol–water partition coefficient (Wildman–Crippen LogP) is 2.60. The van der Waals surface area contributed by atoms with Crippen molar-refractivity contribution in [1.29, 1.82) is 0 Å². The van der Waals surface area contributed by atoms with Crippen molar-refractivity contribution in [3.63, 3.8) is 0 Å². The highest BCUT2D eigenvalue weighted by Gasteiger charge is 2.07. The number of carbonyl (C=O) groups is 2. The topological polar surface area (TPSA) is 76.7 Å². The zero-order chi connectivity index (χ0) is 17.4. The molecule has 0 fully saturated rings. The van der Waals surface area contributed by atoms with Crippen molar-refractivity contribution < 1.29 is 19.1 Å². The second-order valence-corrected chi connectivity index (χ2v) is 5.16. The van der Waals surface area contributed by atoms with Gasteiger partial charge in [-0.2, -0.15) is 0 Å². The SMILES string of the molecule is COCC(=O)Nc1cccc(NC(=O)COc2ccccc2C)c1. The van der Waals surface area contributed by atoms with Gasteiger partial charge >= 0.3 is 0 Å². The molecule has 0 bridgehead atoms. The van der Waals surface area contributed by atoms with Crippen molar-refractivity contribution in [3.8, 4) is 5.75 Å². The summed E-state index contributed by atoms with van der Waals surface area (Å²) in [4.78, 5) is 23.5. The van der Waals surface area contributed by atoms with Gasteiger partial charge in [-0.1, -0.05) is 24.3 Å². The lowest BCUT2D eigenvalue weighted by molar-refractivity contribution is -0.119. The molecule has 0 saturated carbocycles. The van der Waals surface area contributed by atoms with E-state index in [9.17, 15) is 9.59 Å². The minimum atomic E-state index is -0.279. The Hall–Kier alpha value is -2.86. The average molecular weight is 328 g/mol. The smallest absolute Gasteiger partial charge is 0.262 e. The molecular weight excluding hydrogens is 308 g/mol. The molecule has 126 valence electrons. The normalized spacial score (nSPS) is 10.1. The maximum Gasteiger partial charge on any atom is 0.262 e. The van der Waals surface area contributed by atoms with E-state index in [2.05, 4.69) is 10.6 Å². The number of aryl methyl sites for hydroxylation is 1. The fourth-order valence-electron chi connectivity index (χ4n) is 2.06. The molecule has 24 heavy (non-hydrogen) atoms. The Morgan fingerprint density at radius 3 is 2.17 bits per heavy atom. The first-order valence-corrected chi connectivity index (χ1v) is 7.45. The molecule has 6 nitrogen and oxygen atoms in total. The standard InChI is InChI=1S/C18H20N2O4/c1-13-6-3-4-9-16(13)24-12-18(22)20-15-8-5-7-14(10-15)19-17(21)11-23-2/h3-10H,11-12H2,1-2H3,(H,19,21)(H,20,22). The number of hydrogen-bond acceptors (Lipinski definition) is 4. The Morgan fingerprint density at radius 1 is 0.917 bits per heavy atom. The van der Waals surface area contributed by atoms with E-state index < -0.39 is 0 Å². The number of para-hydroxylation sites is 1. The average Bonchev–Trinajstić information content (AvgIpc) is 2.54. The minimum absolute atomic E-state index is 0.0269. The molecule has 2 N–H and O–H groups in total. The molecule has 0 aliphatic heterocycles. The van der Waals surface area contributed by atoms with Crippen LogP contribution in [-0.4, -0.2) is 32.1 Å². The second kappa shape index (κ2) is 8.69. The summed E-state index contributed by atoms with van der Waals surface area (Å²) in [5, 5.41) is 5.41. The van der Waals surface area contributed by atoms with Crippen LogP contribution in [0.15, 0.2) is 48.5 Å². The van der Waals surface area contributed by atoms with E-state index in [1.54, 1.807) is 24.3 Å². The van der Waals surface area contributed by atoms with Crippen molar-refractivity contribution in [3.05, 3.63) is 54.1 Å². The lowest BCUT2D eigenvalue weighted by Crippen LogP contribution is -2.21. The summed E-state index contributed by atoms with van der Waals surface area (Å²) >= 11 is 0. The largest absolute Gasteiger partial charge is 0.483 e. The molecule has 2 rings (SSSR count). The Labute approximate surface area is 140 Å². The zero-order valence-corrected chi connectivity index (χ0v) is 13.7. The molecular formula is C18H20N2O4. The lowest BCUT2D eigenvalue weighted by atomic mass is 10.2. The summed E-state index contributed by atoms with van der Waals surface area (Å²) in [7, 11) is 1.45. The van der Waals surface area contributed by atoms with Gasteiger partial charge in [0.25, 0.3) is 5.91 Å². The van der Waals surface area contributed by atoms with Crippen LogP contribution in [0.3, 0.4) is 0 Å². The highest BCUT2D eigenvalue weighted by molar-refractivity contribution is 5.95. The molecule has 0 saturated heterocycles. The Kier molecular flexibility index (Phi) is 6.33. The first kappa shape index (κ1) is 17.5. The van der Waals surface area contributed by atoms with E-state index in [1.165, 1.54) is 7.11 Å². The quantitative estimate of drug-likeness (QED) is 0.819. The van der Waals surface area contributed by atoms with Crippen LogP contribution in [0, 0.1) is 6.92 Å². The molecule has 0 radical (unpaired) electrons. The number of anilines is 2. The van der Waals surface area contributed by atoms with Gasteiger partial charge in [-0.25, -0.2) is 0 Å². The van der Waals surface area contributed by atoms with Crippen LogP contribution >= 0.6 is 0 Å². The molecule has 0 spiro atoms. The van der Waals surface area contributed by atoms with E-state index in [1.807, 2.05) is 31.2 Å². The van der Waals surface area contributed by atoms with Crippen LogP contribution in [0.4, 0.5) is 11.4 Å². The van der Waals surface area contributed by atoms with Crippen LogP contribution in [0.2, 0.25) is 0 Å². The Balaban J connectivity index is 1.89. The number of nitrogens with one attached hydrogen (secondary N) is 2. The molecule has 2 aromatic carbocycles. The number of hydrogen-bond donors (Lipinski definition) is 2. The number of ether oxygens (including phenoxy) is 2. The highest BCUT2D eigenvalue weighted by Crippen LogP contribution is 2.17. The van der Waals surface area contributed by atoms with Crippen LogP contribution in [0.1, 0.15) is 5.56 Å². The van der Waals surface area contributed by atoms with Crippen LogP contribution in [0.25, 0.3) is 0 Å². The van der Waals surface area contributed by atoms with E-state index in [0.29, 0.717) is 17.1 Å². The van der Waals surface area contributed by atoms with Crippen molar-refractivity contribution in [2.24, 2.45) is 0 Å². The second-order valence-electron chi connectivity index (χ2n) is 5.16. The minimum Gasteiger partial charge on any atom is -0.483 e. The summed E-state index contributed by atoms with van der Waals surface area (Å²) in [6.45, 7) is 1.80.